The molecule has 0 radical (unpaired) electrons. The molecule has 0 aliphatic carbocycles. The predicted molar refractivity (Wildman–Crippen MR) is 74.9 cm³/mol. The molecule has 0 amide bonds. The fourth-order valence-corrected chi connectivity index (χ4v) is 2.61. The van der Waals surface area contributed by atoms with E-state index in [9.17, 15) is 18.0 Å². The van der Waals surface area contributed by atoms with Crippen LogP contribution in [0.15, 0.2) is 29.2 Å². The van der Waals surface area contributed by atoms with Crippen LogP contribution in [-0.2, 0) is 6.18 Å². The maximum atomic E-state index is 13.4. The van der Waals surface area contributed by atoms with Gasteiger partial charge in [0.15, 0.2) is 0 Å². The van der Waals surface area contributed by atoms with E-state index in [1.807, 2.05) is 0 Å². The third-order valence-corrected chi connectivity index (χ3v) is 3.55. The molecule has 0 aliphatic rings. The molecular formula is C13H5Cl2F3N2O. The zero-order valence-corrected chi connectivity index (χ0v) is 11.6. The number of aromatic amines is 1. The number of nitrogens with zero attached hydrogens (tertiary/aromatic N) is 1. The van der Waals surface area contributed by atoms with Gasteiger partial charge in [-0.1, -0.05) is 23.2 Å². The van der Waals surface area contributed by atoms with Gasteiger partial charge in [0.05, 0.1) is 16.1 Å². The summed E-state index contributed by atoms with van der Waals surface area (Å²) < 4.78 is 40.3. The number of benzene rings is 1. The van der Waals surface area contributed by atoms with Crippen molar-refractivity contribution >= 4 is 45.0 Å². The summed E-state index contributed by atoms with van der Waals surface area (Å²) in [6.07, 6.45) is -3.69. The van der Waals surface area contributed by atoms with E-state index in [1.165, 1.54) is 12.1 Å². The van der Waals surface area contributed by atoms with Crippen LogP contribution in [0.5, 0.6) is 0 Å². The lowest BCUT2D eigenvalue weighted by molar-refractivity contribution is -0.135. The Morgan fingerprint density at radius 1 is 1.19 bits per heavy atom. The standard InChI is InChI=1S/C13H5Cl2F3N2O/c14-5-1-2-8-6(3-5)10(13(16,17)18)9-7(15)4-19-12(21)11(9)20-8/h1-4H,(H,19,21). The van der Waals surface area contributed by atoms with Crippen molar-refractivity contribution in [3.63, 3.8) is 0 Å². The highest BCUT2D eigenvalue weighted by Crippen LogP contribution is 2.41. The number of rotatable bonds is 0. The summed E-state index contributed by atoms with van der Waals surface area (Å²) in [5, 5.41) is -0.723. The molecular weight excluding hydrogens is 328 g/mol. The topological polar surface area (TPSA) is 45.8 Å². The number of aromatic nitrogens is 2. The first-order valence-corrected chi connectivity index (χ1v) is 6.42. The minimum atomic E-state index is -4.71. The van der Waals surface area contributed by atoms with Gasteiger partial charge in [0.1, 0.15) is 5.52 Å². The summed E-state index contributed by atoms with van der Waals surface area (Å²) in [6, 6.07) is 3.89. The Balaban J connectivity index is 2.70. The van der Waals surface area contributed by atoms with Gasteiger partial charge in [-0.3, -0.25) is 4.79 Å². The maximum Gasteiger partial charge on any atom is 0.417 e. The first-order chi connectivity index (χ1) is 9.79. The van der Waals surface area contributed by atoms with Crippen LogP contribution < -0.4 is 5.56 Å². The smallest absolute Gasteiger partial charge is 0.326 e. The van der Waals surface area contributed by atoms with Crippen LogP contribution in [0.4, 0.5) is 13.2 Å². The second-order valence-corrected chi connectivity index (χ2v) is 5.18. The first kappa shape index (κ1) is 14.2. The number of pyridine rings is 2. The fourth-order valence-electron chi connectivity index (χ4n) is 2.20. The number of fused-ring (bicyclic) bond motifs is 2. The van der Waals surface area contributed by atoms with Gasteiger partial charge in [-0.15, -0.1) is 0 Å². The number of hydrogen-bond acceptors (Lipinski definition) is 2. The highest BCUT2D eigenvalue weighted by atomic mass is 35.5. The molecule has 0 spiro atoms. The minimum absolute atomic E-state index is 0.0204. The van der Waals surface area contributed by atoms with Crippen molar-refractivity contribution in [1.82, 2.24) is 9.97 Å². The molecule has 0 fully saturated rings. The van der Waals surface area contributed by atoms with Crippen molar-refractivity contribution in [1.29, 1.82) is 0 Å². The molecule has 0 aliphatic heterocycles. The summed E-state index contributed by atoms with van der Waals surface area (Å²) >= 11 is 11.6. The molecule has 1 aromatic carbocycles. The van der Waals surface area contributed by atoms with Crippen LogP contribution in [-0.4, -0.2) is 9.97 Å². The third kappa shape index (κ3) is 2.24. The van der Waals surface area contributed by atoms with Gasteiger partial charge in [0.25, 0.3) is 5.56 Å². The lowest BCUT2D eigenvalue weighted by Crippen LogP contribution is -2.14. The van der Waals surface area contributed by atoms with Crippen LogP contribution in [0, 0.1) is 0 Å². The Morgan fingerprint density at radius 3 is 2.57 bits per heavy atom. The zero-order valence-electron chi connectivity index (χ0n) is 10.1. The van der Waals surface area contributed by atoms with E-state index in [-0.39, 0.29) is 26.5 Å². The van der Waals surface area contributed by atoms with Crippen LogP contribution in [0.25, 0.3) is 21.8 Å². The molecule has 3 rings (SSSR count). The van der Waals surface area contributed by atoms with E-state index in [4.69, 9.17) is 23.2 Å². The number of alkyl halides is 3. The molecule has 2 aromatic heterocycles. The number of nitrogens with one attached hydrogen (secondary N) is 1. The molecule has 108 valence electrons. The molecule has 1 N–H and O–H groups in total. The van der Waals surface area contributed by atoms with Crippen molar-refractivity contribution in [2.45, 2.75) is 6.18 Å². The molecule has 0 saturated carbocycles. The average Bonchev–Trinajstić information content (AvgIpc) is 2.39. The quantitative estimate of drug-likeness (QED) is 0.620. The first-order valence-electron chi connectivity index (χ1n) is 5.66. The SMILES string of the molecule is O=c1[nH]cc(Cl)c2c(C(F)(F)F)c3cc(Cl)ccc3nc12. The van der Waals surface area contributed by atoms with E-state index in [0.717, 1.165) is 12.3 Å². The number of H-pyrrole nitrogens is 1. The largest absolute Gasteiger partial charge is 0.417 e. The molecule has 21 heavy (non-hydrogen) atoms. The highest BCUT2D eigenvalue weighted by Gasteiger charge is 2.36. The van der Waals surface area contributed by atoms with Gasteiger partial charge in [-0.25, -0.2) is 4.98 Å². The Hall–Kier alpha value is -1.79. The van der Waals surface area contributed by atoms with Gasteiger partial charge in [-0.05, 0) is 18.2 Å². The van der Waals surface area contributed by atoms with Crippen molar-refractivity contribution in [3.05, 3.63) is 50.4 Å². The van der Waals surface area contributed by atoms with Crippen molar-refractivity contribution in [2.24, 2.45) is 0 Å². The Morgan fingerprint density at radius 2 is 1.90 bits per heavy atom. The number of hydrogen-bond donors (Lipinski definition) is 1. The number of halogens is 5. The van der Waals surface area contributed by atoms with Crippen molar-refractivity contribution in [3.8, 4) is 0 Å². The van der Waals surface area contributed by atoms with Crippen LogP contribution >= 0.6 is 23.2 Å². The van der Waals surface area contributed by atoms with E-state index in [0.29, 0.717) is 0 Å². The lowest BCUT2D eigenvalue weighted by atomic mass is 10.0. The zero-order chi connectivity index (χ0) is 15.4. The van der Waals surface area contributed by atoms with Gasteiger partial charge in [0, 0.05) is 22.0 Å². The van der Waals surface area contributed by atoms with Crippen LogP contribution in [0.2, 0.25) is 10.0 Å². The fraction of sp³-hybridized carbons (Fsp3) is 0.0769. The normalized spacial score (nSPS) is 12.2. The minimum Gasteiger partial charge on any atom is -0.326 e. The summed E-state index contributed by atoms with van der Waals surface area (Å²) in [5.41, 5.74) is -2.09. The van der Waals surface area contributed by atoms with Crippen molar-refractivity contribution < 1.29 is 13.2 Å². The summed E-state index contributed by atoms with van der Waals surface area (Å²) in [6.45, 7) is 0. The van der Waals surface area contributed by atoms with E-state index >= 15 is 0 Å². The Bertz CT molecular complexity index is 934. The second kappa shape index (κ2) is 4.61. The van der Waals surface area contributed by atoms with Crippen molar-refractivity contribution in [2.75, 3.05) is 0 Å². The molecule has 0 bridgehead atoms. The van der Waals surface area contributed by atoms with Gasteiger partial charge >= 0.3 is 6.18 Å². The Labute approximate surface area is 125 Å². The van der Waals surface area contributed by atoms with Gasteiger partial charge in [-0.2, -0.15) is 13.2 Å². The van der Waals surface area contributed by atoms with Crippen LogP contribution in [0.3, 0.4) is 0 Å². The monoisotopic (exact) mass is 332 g/mol. The third-order valence-electron chi connectivity index (χ3n) is 3.01. The molecule has 0 atom stereocenters. The molecule has 3 nitrogen and oxygen atoms in total. The average molecular weight is 333 g/mol. The molecule has 2 heterocycles. The van der Waals surface area contributed by atoms with Gasteiger partial charge in [0.2, 0.25) is 0 Å². The van der Waals surface area contributed by atoms with E-state index in [2.05, 4.69) is 9.97 Å². The Kier molecular flexibility index (Phi) is 3.11. The molecule has 0 saturated heterocycles. The summed E-state index contributed by atoms with van der Waals surface area (Å²) in [7, 11) is 0. The van der Waals surface area contributed by atoms with E-state index < -0.39 is 22.7 Å². The molecule has 8 heteroatoms. The van der Waals surface area contributed by atoms with E-state index in [1.54, 1.807) is 0 Å². The lowest BCUT2D eigenvalue weighted by Gasteiger charge is -2.14. The van der Waals surface area contributed by atoms with Gasteiger partial charge < -0.3 is 4.98 Å². The summed E-state index contributed by atoms with van der Waals surface area (Å²) in [4.78, 5) is 18.0. The summed E-state index contributed by atoms with van der Waals surface area (Å²) in [5.74, 6) is 0. The van der Waals surface area contributed by atoms with Crippen LogP contribution in [0.1, 0.15) is 5.56 Å². The highest BCUT2D eigenvalue weighted by molar-refractivity contribution is 6.36. The molecule has 0 unspecified atom stereocenters. The second-order valence-electron chi connectivity index (χ2n) is 4.34. The molecule has 3 aromatic rings. The maximum absolute atomic E-state index is 13.4. The predicted octanol–water partition coefficient (Wildman–Crippen LogP) is 4.40.